The molecule has 0 aliphatic carbocycles. The Labute approximate surface area is 98.4 Å². The van der Waals surface area contributed by atoms with Crippen LogP contribution in [0.3, 0.4) is 0 Å². The van der Waals surface area contributed by atoms with Gasteiger partial charge in [0.15, 0.2) is 0 Å². The number of aromatic nitrogens is 2. The van der Waals surface area contributed by atoms with Crippen LogP contribution in [0.2, 0.25) is 0 Å². The molecule has 4 heteroatoms. The number of hydrogen-bond donors (Lipinski definition) is 2. The fourth-order valence-corrected chi connectivity index (χ4v) is 1.53. The fraction of sp³-hybridized carbons (Fsp3) is 0.750. The number of hydrogen-bond acceptors (Lipinski definition) is 3. The third-order valence-electron chi connectivity index (χ3n) is 2.35. The van der Waals surface area contributed by atoms with Gasteiger partial charge in [0, 0.05) is 25.4 Å². The molecule has 1 heterocycles. The summed E-state index contributed by atoms with van der Waals surface area (Å²) in [4.78, 5) is 0. The monoisotopic (exact) mass is 224 g/mol. The number of nitrogens with zero attached hydrogens (tertiary/aromatic N) is 2. The van der Waals surface area contributed by atoms with Gasteiger partial charge in [-0.25, -0.2) is 0 Å². The summed E-state index contributed by atoms with van der Waals surface area (Å²) in [6.07, 6.45) is 5.13. The molecule has 0 amide bonds. The molecule has 1 aromatic heterocycles. The van der Waals surface area contributed by atoms with Gasteiger partial charge in [0.25, 0.3) is 0 Å². The van der Waals surface area contributed by atoms with E-state index in [1.54, 1.807) is 0 Å². The molecule has 0 saturated heterocycles. The Morgan fingerprint density at radius 2 is 2.06 bits per heavy atom. The molecule has 2 N–H and O–H groups in total. The average molecular weight is 224 g/mol. The van der Waals surface area contributed by atoms with E-state index in [4.69, 9.17) is 0 Å². The second-order valence-corrected chi connectivity index (χ2v) is 4.65. The molecule has 16 heavy (non-hydrogen) atoms. The summed E-state index contributed by atoms with van der Waals surface area (Å²) >= 11 is 0. The van der Waals surface area contributed by atoms with Crippen molar-refractivity contribution in [2.24, 2.45) is 13.0 Å². The third-order valence-corrected chi connectivity index (χ3v) is 2.35. The van der Waals surface area contributed by atoms with Crippen LogP contribution in [-0.2, 0) is 13.6 Å². The molecule has 0 aromatic carbocycles. The molecule has 0 aliphatic rings. The maximum absolute atomic E-state index is 4.13. The van der Waals surface area contributed by atoms with Gasteiger partial charge in [-0.15, -0.1) is 0 Å². The van der Waals surface area contributed by atoms with Gasteiger partial charge in [-0.1, -0.05) is 13.8 Å². The first kappa shape index (κ1) is 13.2. The van der Waals surface area contributed by atoms with E-state index in [9.17, 15) is 0 Å². The summed E-state index contributed by atoms with van der Waals surface area (Å²) in [7, 11) is 1.94. The molecule has 1 rings (SSSR count). The van der Waals surface area contributed by atoms with E-state index in [2.05, 4.69) is 29.6 Å². The fourth-order valence-electron chi connectivity index (χ4n) is 1.53. The predicted octanol–water partition coefficient (Wildman–Crippen LogP) is 1.15. The van der Waals surface area contributed by atoms with E-state index in [0.29, 0.717) is 0 Å². The first-order chi connectivity index (χ1) is 7.68. The van der Waals surface area contributed by atoms with E-state index in [0.717, 1.165) is 32.1 Å². The SMILES string of the molecule is CC(C)CNCCCNCc1cnn(C)c1. The van der Waals surface area contributed by atoms with Crippen LogP contribution in [0.15, 0.2) is 12.4 Å². The van der Waals surface area contributed by atoms with E-state index in [1.807, 2.05) is 24.1 Å². The molecule has 0 bridgehead atoms. The molecule has 0 radical (unpaired) electrons. The molecule has 0 fully saturated rings. The molecule has 0 unspecified atom stereocenters. The Bertz CT molecular complexity index is 280. The van der Waals surface area contributed by atoms with Gasteiger partial charge in [0.1, 0.15) is 0 Å². The van der Waals surface area contributed by atoms with Crippen molar-refractivity contribution >= 4 is 0 Å². The van der Waals surface area contributed by atoms with Crippen LogP contribution in [0.1, 0.15) is 25.8 Å². The lowest BCUT2D eigenvalue weighted by Crippen LogP contribution is -2.24. The smallest absolute Gasteiger partial charge is 0.0534 e. The molecule has 92 valence electrons. The first-order valence-electron chi connectivity index (χ1n) is 6.07. The Morgan fingerprint density at radius 3 is 2.69 bits per heavy atom. The largest absolute Gasteiger partial charge is 0.316 e. The van der Waals surface area contributed by atoms with E-state index in [-0.39, 0.29) is 0 Å². The Balaban J connectivity index is 1.92. The van der Waals surface area contributed by atoms with Crippen LogP contribution >= 0.6 is 0 Å². The molecule has 0 saturated carbocycles. The van der Waals surface area contributed by atoms with Gasteiger partial charge >= 0.3 is 0 Å². The van der Waals surface area contributed by atoms with Gasteiger partial charge in [-0.05, 0) is 32.0 Å². The first-order valence-corrected chi connectivity index (χ1v) is 6.07. The van der Waals surface area contributed by atoms with Gasteiger partial charge in [-0.2, -0.15) is 5.10 Å². The minimum atomic E-state index is 0.739. The lowest BCUT2D eigenvalue weighted by molar-refractivity contribution is 0.530. The molecule has 0 aliphatic heterocycles. The normalized spacial score (nSPS) is 11.2. The van der Waals surface area contributed by atoms with Crippen molar-refractivity contribution in [1.82, 2.24) is 20.4 Å². The van der Waals surface area contributed by atoms with Gasteiger partial charge in [0.2, 0.25) is 0 Å². The zero-order chi connectivity index (χ0) is 11.8. The van der Waals surface area contributed by atoms with Gasteiger partial charge in [-0.3, -0.25) is 4.68 Å². The highest BCUT2D eigenvalue weighted by molar-refractivity contribution is 5.02. The summed E-state index contributed by atoms with van der Waals surface area (Å²) in [6.45, 7) is 8.64. The highest BCUT2D eigenvalue weighted by atomic mass is 15.2. The highest BCUT2D eigenvalue weighted by Crippen LogP contribution is 1.94. The van der Waals surface area contributed by atoms with Crippen LogP contribution < -0.4 is 10.6 Å². The maximum atomic E-state index is 4.13. The van der Waals surface area contributed by atoms with Gasteiger partial charge in [0.05, 0.1) is 6.20 Å². The summed E-state index contributed by atoms with van der Waals surface area (Å²) in [5.41, 5.74) is 1.25. The number of nitrogens with one attached hydrogen (secondary N) is 2. The molecular weight excluding hydrogens is 200 g/mol. The van der Waals surface area contributed by atoms with E-state index in [1.165, 1.54) is 12.0 Å². The van der Waals surface area contributed by atoms with Crippen molar-refractivity contribution in [3.8, 4) is 0 Å². The van der Waals surface area contributed by atoms with Crippen LogP contribution in [0.25, 0.3) is 0 Å². The summed E-state index contributed by atoms with van der Waals surface area (Å²) in [6, 6.07) is 0. The molecule has 0 spiro atoms. The zero-order valence-electron chi connectivity index (χ0n) is 10.7. The van der Waals surface area contributed by atoms with Crippen LogP contribution in [-0.4, -0.2) is 29.4 Å². The average Bonchev–Trinajstić information content (AvgIpc) is 2.62. The van der Waals surface area contributed by atoms with E-state index < -0.39 is 0 Å². The van der Waals surface area contributed by atoms with E-state index >= 15 is 0 Å². The van der Waals surface area contributed by atoms with Crippen molar-refractivity contribution in [3.05, 3.63) is 18.0 Å². The Kier molecular flexibility index (Phi) is 6.11. The number of rotatable bonds is 8. The lowest BCUT2D eigenvalue weighted by atomic mass is 10.2. The molecular formula is C12H24N4. The Morgan fingerprint density at radius 1 is 1.31 bits per heavy atom. The van der Waals surface area contributed by atoms with Crippen LogP contribution in [0.4, 0.5) is 0 Å². The third kappa shape index (κ3) is 5.88. The number of aryl methyl sites for hydroxylation is 1. The lowest BCUT2D eigenvalue weighted by Gasteiger charge is -2.07. The highest BCUT2D eigenvalue weighted by Gasteiger charge is 1.95. The van der Waals surface area contributed by atoms with Crippen molar-refractivity contribution in [2.75, 3.05) is 19.6 Å². The van der Waals surface area contributed by atoms with Crippen LogP contribution in [0.5, 0.6) is 0 Å². The topological polar surface area (TPSA) is 41.9 Å². The second kappa shape index (κ2) is 7.41. The molecule has 1 aromatic rings. The molecule has 4 nitrogen and oxygen atoms in total. The predicted molar refractivity (Wildman–Crippen MR) is 67.2 cm³/mol. The van der Waals surface area contributed by atoms with Crippen molar-refractivity contribution in [3.63, 3.8) is 0 Å². The minimum absolute atomic E-state index is 0.739. The standard InChI is InChI=1S/C12H24N4/c1-11(2)7-13-5-4-6-14-8-12-9-15-16(3)10-12/h9-11,13-14H,4-8H2,1-3H3. The summed E-state index contributed by atoms with van der Waals surface area (Å²) in [5, 5.41) is 11.0. The summed E-state index contributed by atoms with van der Waals surface area (Å²) < 4.78 is 1.83. The van der Waals surface area contributed by atoms with Gasteiger partial charge < -0.3 is 10.6 Å². The molecule has 0 atom stereocenters. The van der Waals surface area contributed by atoms with Crippen molar-refractivity contribution in [1.29, 1.82) is 0 Å². The zero-order valence-corrected chi connectivity index (χ0v) is 10.7. The Hall–Kier alpha value is -0.870. The van der Waals surface area contributed by atoms with Crippen LogP contribution in [0, 0.1) is 5.92 Å². The summed E-state index contributed by atoms with van der Waals surface area (Å²) in [5.74, 6) is 0.739. The maximum Gasteiger partial charge on any atom is 0.0534 e. The van der Waals surface area contributed by atoms with Crippen molar-refractivity contribution < 1.29 is 0 Å². The minimum Gasteiger partial charge on any atom is -0.316 e. The second-order valence-electron chi connectivity index (χ2n) is 4.65. The quantitative estimate of drug-likeness (QED) is 0.651. The van der Waals surface area contributed by atoms with Crippen molar-refractivity contribution in [2.45, 2.75) is 26.8 Å².